The largest absolute Gasteiger partial charge is 0.446 e. The number of halogens is 2. The van der Waals surface area contributed by atoms with E-state index in [1.807, 2.05) is 60.7 Å². The molecule has 3 aromatic carbocycles. The quantitative estimate of drug-likeness (QED) is 0.392. The number of para-hydroxylation sites is 1. The molecule has 1 aliphatic rings. The van der Waals surface area contributed by atoms with Crippen molar-refractivity contribution in [1.82, 2.24) is 9.99 Å². The van der Waals surface area contributed by atoms with Gasteiger partial charge in [-0.25, -0.2) is 9.37 Å². The predicted molar refractivity (Wildman–Crippen MR) is 121 cm³/mol. The summed E-state index contributed by atoms with van der Waals surface area (Å²) in [4.78, 5) is 17.2. The maximum atomic E-state index is 14.5. The van der Waals surface area contributed by atoms with Crippen molar-refractivity contribution in [3.8, 4) is 11.3 Å². The van der Waals surface area contributed by atoms with Gasteiger partial charge >= 0.3 is 0 Å². The van der Waals surface area contributed by atoms with E-state index >= 15 is 0 Å². The van der Waals surface area contributed by atoms with Crippen LogP contribution in [0.2, 0.25) is 5.02 Å². The van der Waals surface area contributed by atoms with E-state index in [9.17, 15) is 9.18 Å². The molecule has 0 N–H and O–H groups in total. The zero-order valence-electron chi connectivity index (χ0n) is 17.0. The van der Waals surface area contributed by atoms with Gasteiger partial charge in [0.05, 0.1) is 21.8 Å². The zero-order chi connectivity index (χ0) is 22.2. The van der Waals surface area contributed by atoms with Crippen LogP contribution < -0.4 is 0 Å². The first kappa shape index (κ1) is 20.2. The topological polar surface area (TPSA) is 54.8 Å². The van der Waals surface area contributed by atoms with E-state index < -0.39 is 12.0 Å². The minimum absolute atomic E-state index is 0.0181. The zero-order valence-corrected chi connectivity index (χ0v) is 17.8. The van der Waals surface area contributed by atoms with Gasteiger partial charge in [0.15, 0.2) is 0 Å². The van der Waals surface area contributed by atoms with Crippen molar-refractivity contribution >= 4 is 34.3 Å². The fourth-order valence-electron chi connectivity index (χ4n) is 3.73. The van der Waals surface area contributed by atoms with E-state index in [0.29, 0.717) is 5.56 Å². The molecule has 5 nitrogen and oxygen atoms in total. The number of hydrogen-bond donors (Lipinski definition) is 0. The molecule has 1 unspecified atom stereocenters. The van der Waals surface area contributed by atoms with Crippen LogP contribution in [-0.2, 0) is 9.53 Å². The van der Waals surface area contributed by atoms with Crippen LogP contribution in [0.4, 0.5) is 4.39 Å². The van der Waals surface area contributed by atoms with Gasteiger partial charge in [0.25, 0.3) is 0 Å². The van der Waals surface area contributed by atoms with Crippen LogP contribution in [0.3, 0.4) is 0 Å². The van der Waals surface area contributed by atoms with E-state index in [1.54, 1.807) is 6.07 Å². The molecule has 0 saturated heterocycles. The Morgan fingerprint density at radius 3 is 2.53 bits per heavy atom. The number of hydrogen-bond acceptors (Lipinski definition) is 4. The van der Waals surface area contributed by atoms with Gasteiger partial charge in [-0.15, -0.1) is 5.10 Å². The molecular weight excluding hydrogens is 429 g/mol. The van der Waals surface area contributed by atoms with Gasteiger partial charge in [0.2, 0.25) is 18.0 Å². The summed E-state index contributed by atoms with van der Waals surface area (Å²) < 4.78 is 20.6. The molecule has 0 aliphatic carbocycles. The molecule has 0 radical (unpaired) electrons. The Kier molecular flexibility index (Phi) is 5.07. The van der Waals surface area contributed by atoms with Gasteiger partial charge in [-0.05, 0) is 24.3 Å². The fraction of sp³-hybridized carbons (Fsp3) is 0.0800. The van der Waals surface area contributed by atoms with Gasteiger partial charge in [-0.2, -0.15) is 5.01 Å². The molecule has 4 aromatic rings. The highest BCUT2D eigenvalue weighted by Gasteiger charge is 2.36. The van der Waals surface area contributed by atoms with E-state index in [2.05, 4.69) is 5.10 Å². The normalized spacial score (nSPS) is 15.5. The first-order chi connectivity index (χ1) is 15.5. The van der Waals surface area contributed by atoms with Gasteiger partial charge < -0.3 is 4.74 Å². The lowest BCUT2D eigenvalue weighted by Gasteiger charge is -2.21. The predicted octanol–water partition coefficient (Wildman–Crippen LogP) is 5.93. The summed E-state index contributed by atoms with van der Waals surface area (Å²) in [5, 5.41) is 6.44. The number of ether oxygens (including phenoxy) is 1. The number of benzene rings is 3. The summed E-state index contributed by atoms with van der Waals surface area (Å²) in [7, 11) is 0. The molecule has 5 rings (SSSR count). The molecule has 7 heteroatoms. The Balaban J connectivity index is 1.67. The van der Waals surface area contributed by atoms with Crippen molar-refractivity contribution in [3.05, 3.63) is 101 Å². The monoisotopic (exact) mass is 445 g/mol. The SMILES string of the molecule is CC(=O)N1N=C(c2c(F)cccc2Cl)OC1c1cc(-c2ccccc2)nc2ccccc12. The maximum absolute atomic E-state index is 14.5. The van der Waals surface area contributed by atoms with Crippen LogP contribution in [0.1, 0.15) is 24.3 Å². The Bertz CT molecular complexity index is 1350. The van der Waals surface area contributed by atoms with E-state index in [1.165, 1.54) is 24.1 Å². The Morgan fingerprint density at radius 2 is 1.78 bits per heavy atom. The summed E-state index contributed by atoms with van der Waals surface area (Å²) >= 11 is 6.22. The lowest BCUT2D eigenvalue weighted by Crippen LogP contribution is -2.25. The van der Waals surface area contributed by atoms with Crippen LogP contribution in [-0.4, -0.2) is 21.8 Å². The Hall–Kier alpha value is -3.77. The molecule has 1 aliphatic heterocycles. The highest BCUT2D eigenvalue weighted by atomic mass is 35.5. The summed E-state index contributed by atoms with van der Waals surface area (Å²) in [5.41, 5.74) is 3.10. The van der Waals surface area contributed by atoms with Gasteiger partial charge in [-0.1, -0.05) is 66.2 Å². The van der Waals surface area contributed by atoms with Crippen molar-refractivity contribution in [2.75, 3.05) is 0 Å². The average Bonchev–Trinajstić information content (AvgIpc) is 3.24. The molecule has 1 atom stereocenters. The molecule has 1 aromatic heterocycles. The van der Waals surface area contributed by atoms with Crippen molar-refractivity contribution in [1.29, 1.82) is 0 Å². The molecule has 2 heterocycles. The number of hydrazone groups is 1. The summed E-state index contributed by atoms with van der Waals surface area (Å²) in [6.07, 6.45) is -0.895. The number of amides is 1. The first-order valence-corrected chi connectivity index (χ1v) is 10.4. The van der Waals surface area contributed by atoms with Gasteiger partial charge in [0, 0.05) is 23.4 Å². The third-order valence-corrected chi connectivity index (χ3v) is 5.54. The minimum Gasteiger partial charge on any atom is -0.446 e. The standard InChI is InChI=1S/C25H17ClFN3O2/c1-15(31)30-25(32-24(29-30)23-19(26)11-7-12-20(23)27)18-14-22(16-8-3-2-4-9-16)28-21-13-6-5-10-17(18)21/h2-14,25H,1H3. The fourth-order valence-corrected chi connectivity index (χ4v) is 3.98. The van der Waals surface area contributed by atoms with Gasteiger partial charge in [0.1, 0.15) is 5.82 Å². The highest BCUT2D eigenvalue weighted by Crippen LogP contribution is 2.37. The van der Waals surface area contributed by atoms with Crippen molar-refractivity contribution in [3.63, 3.8) is 0 Å². The number of carbonyl (C=O) groups is 1. The number of pyridine rings is 1. The Labute approximate surface area is 188 Å². The summed E-state index contributed by atoms with van der Waals surface area (Å²) in [5.74, 6) is -0.972. The number of carbonyl (C=O) groups excluding carboxylic acids is 1. The van der Waals surface area contributed by atoms with Crippen LogP contribution in [0.25, 0.3) is 22.2 Å². The summed E-state index contributed by atoms with van der Waals surface area (Å²) in [6, 6.07) is 23.5. The van der Waals surface area contributed by atoms with E-state index in [4.69, 9.17) is 21.3 Å². The molecule has 158 valence electrons. The van der Waals surface area contributed by atoms with Crippen molar-refractivity contribution in [2.45, 2.75) is 13.2 Å². The molecular formula is C25H17ClFN3O2. The second kappa shape index (κ2) is 8.05. The second-order valence-corrected chi connectivity index (χ2v) is 7.72. The average molecular weight is 446 g/mol. The number of rotatable bonds is 3. The number of nitrogens with zero attached hydrogens (tertiary/aromatic N) is 3. The van der Waals surface area contributed by atoms with Crippen molar-refractivity contribution in [2.24, 2.45) is 5.10 Å². The molecule has 0 fully saturated rings. The van der Waals surface area contributed by atoms with E-state index in [0.717, 1.165) is 22.2 Å². The minimum atomic E-state index is -0.895. The first-order valence-electron chi connectivity index (χ1n) is 9.97. The van der Waals surface area contributed by atoms with Crippen molar-refractivity contribution < 1.29 is 13.9 Å². The van der Waals surface area contributed by atoms with E-state index in [-0.39, 0.29) is 22.4 Å². The lowest BCUT2D eigenvalue weighted by molar-refractivity contribution is -0.135. The second-order valence-electron chi connectivity index (χ2n) is 7.32. The number of aromatic nitrogens is 1. The Morgan fingerprint density at radius 1 is 1.03 bits per heavy atom. The van der Waals surface area contributed by atoms with Gasteiger partial charge in [-0.3, -0.25) is 4.79 Å². The lowest BCUT2D eigenvalue weighted by atomic mass is 10.0. The molecule has 1 amide bonds. The van der Waals surface area contributed by atoms with Crippen LogP contribution >= 0.6 is 11.6 Å². The molecule has 0 saturated carbocycles. The number of fused-ring (bicyclic) bond motifs is 1. The van der Waals surface area contributed by atoms with Crippen LogP contribution in [0.5, 0.6) is 0 Å². The maximum Gasteiger partial charge on any atom is 0.245 e. The smallest absolute Gasteiger partial charge is 0.245 e. The molecule has 0 spiro atoms. The third kappa shape index (κ3) is 3.48. The van der Waals surface area contributed by atoms with Crippen LogP contribution in [0.15, 0.2) is 84.0 Å². The highest BCUT2D eigenvalue weighted by molar-refractivity contribution is 6.33. The molecule has 0 bridgehead atoms. The molecule has 32 heavy (non-hydrogen) atoms. The summed E-state index contributed by atoms with van der Waals surface area (Å²) in [6.45, 7) is 1.38. The third-order valence-electron chi connectivity index (χ3n) is 5.23. The van der Waals surface area contributed by atoms with Crippen LogP contribution in [0, 0.1) is 5.82 Å².